The third kappa shape index (κ3) is 1.99. The fourth-order valence-corrected chi connectivity index (χ4v) is 2.59. The smallest absolute Gasteiger partial charge is 0.326 e. The van der Waals surface area contributed by atoms with Gasteiger partial charge in [-0.3, -0.25) is 14.8 Å². The second kappa shape index (κ2) is 4.88. The van der Waals surface area contributed by atoms with Crippen LogP contribution in [-0.4, -0.2) is 44.4 Å². The van der Waals surface area contributed by atoms with Crippen LogP contribution in [-0.2, 0) is 4.79 Å². The molecule has 0 spiro atoms. The summed E-state index contributed by atoms with van der Waals surface area (Å²) in [5, 5.41) is 9.17. The molecule has 1 aliphatic rings. The summed E-state index contributed by atoms with van der Waals surface area (Å²) in [6, 6.07) is 4.43. The van der Waals surface area contributed by atoms with Crippen molar-refractivity contribution in [2.24, 2.45) is 0 Å². The maximum Gasteiger partial charge on any atom is 0.326 e. The standard InChI is InChI=1S/C14H13N3O3/c18-13(17-8-2-5-11(17)14(19)20)9-3-1-4-10-12(9)16-7-6-15-10/h1,3-4,6-7,11H,2,5,8H2,(H,19,20). The van der Waals surface area contributed by atoms with Crippen molar-refractivity contribution in [1.29, 1.82) is 0 Å². The molecular weight excluding hydrogens is 258 g/mol. The molecule has 0 aliphatic carbocycles. The average Bonchev–Trinajstić information content (AvgIpc) is 2.95. The van der Waals surface area contributed by atoms with Crippen molar-refractivity contribution >= 4 is 22.9 Å². The number of aliphatic carboxylic acids is 1. The molecule has 2 aromatic rings. The molecule has 1 N–H and O–H groups in total. The molecule has 1 fully saturated rings. The Balaban J connectivity index is 2.03. The number of hydrogen-bond acceptors (Lipinski definition) is 4. The number of carbonyl (C=O) groups is 2. The average molecular weight is 271 g/mol. The predicted octanol–water partition coefficient (Wildman–Crippen LogP) is 1.32. The highest BCUT2D eigenvalue weighted by atomic mass is 16.4. The van der Waals surface area contributed by atoms with E-state index in [2.05, 4.69) is 9.97 Å². The number of carboxylic acid groups (broad SMARTS) is 1. The van der Waals surface area contributed by atoms with Gasteiger partial charge in [0, 0.05) is 18.9 Å². The first kappa shape index (κ1) is 12.5. The summed E-state index contributed by atoms with van der Waals surface area (Å²) in [6.07, 6.45) is 4.29. The van der Waals surface area contributed by atoms with Crippen LogP contribution in [0.2, 0.25) is 0 Å². The van der Waals surface area contributed by atoms with Crippen molar-refractivity contribution in [3.05, 3.63) is 36.2 Å². The Bertz CT molecular complexity index is 681. The molecule has 1 atom stereocenters. The minimum atomic E-state index is -0.956. The number of para-hydroxylation sites is 1. The van der Waals surface area contributed by atoms with Crippen LogP contribution in [0.3, 0.4) is 0 Å². The highest BCUT2D eigenvalue weighted by molar-refractivity contribution is 6.05. The van der Waals surface area contributed by atoms with E-state index in [9.17, 15) is 14.7 Å². The molecule has 20 heavy (non-hydrogen) atoms. The van der Waals surface area contributed by atoms with E-state index in [0.717, 1.165) is 0 Å². The molecule has 6 nitrogen and oxygen atoms in total. The van der Waals surface area contributed by atoms with Crippen LogP contribution in [0.15, 0.2) is 30.6 Å². The molecule has 1 aromatic heterocycles. The number of benzene rings is 1. The van der Waals surface area contributed by atoms with Gasteiger partial charge < -0.3 is 10.0 Å². The van der Waals surface area contributed by atoms with Crippen LogP contribution in [0, 0.1) is 0 Å². The summed E-state index contributed by atoms with van der Waals surface area (Å²) < 4.78 is 0. The summed E-state index contributed by atoms with van der Waals surface area (Å²) >= 11 is 0. The maximum absolute atomic E-state index is 12.6. The number of likely N-dealkylation sites (tertiary alicyclic amines) is 1. The van der Waals surface area contributed by atoms with E-state index in [1.807, 2.05) is 0 Å². The molecule has 1 aliphatic heterocycles. The first-order chi connectivity index (χ1) is 9.68. The molecule has 6 heteroatoms. The van der Waals surface area contributed by atoms with E-state index in [1.54, 1.807) is 24.4 Å². The lowest BCUT2D eigenvalue weighted by molar-refractivity contribution is -0.141. The second-order valence-corrected chi connectivity index (χ2v) is 4.72. The van der Waals surface area contributed by atoms with E-state index < -0.39 is 12.0 Å². The van der Waals surface area contributed by atoms with Crippen molar-refractivity contribution in [3.8, 4) is 0 Å². The Morgan fingerprint density at radius 2 is 2.05 bits per heavy atom. The van der Waals surface area contributed by atoms with Gasteiger partial charge in [-0.05, 0) is 25.0 Å². The number of amides is 1. The van der Waals surface area contributed by atoms with Gasteiger partial charge in [0.15, 0.2) is 0 Å². The van der Waals surface area contributed by atoms with Crippen molar-refractivity contribution in [2.45, 2.75) is 18.9 Å². The Kier molecular flexibility index (Phi) is 3.06. The van der Waals surface area contributed by atoms with Gasteiger partial charge in [0.1, 0.15) is 11.6 Å². The molecule has 0 saturated carbocycles. The van der Waals surface area contributed by atoms with Gasteiger partial charge in [-0.2, -0.15) is 0 Å². The van der Waals surface area contributed by atoms with Crippen LogP contribution < -0.4 is 0 Å². The highest BCUT2D eigenvalue weighted by Gasteiger charge is 2.35. The number of hydrogen-bond donors (Lipinski definition) is 1. The largest absolute Gasteiger partial charge is 0.480 e. The zero-order valence-corrected chi connectivity index (χ0v) is 10.7. The van der Waals surface area contributed by atoms with Crippen LogP contribution in [0.25, 0.3) is 11.0 Å². The first-order valence-corrected chi connectivity index (χ1v) is 6.42. The van der Waals surface area contributed by atoms with Crippen molar-refractivity contribution in [3.63, 3.8) is 0 Å². The maximum atomic E-state index is 12.6. The molecule has 0 bridgehead atoms. The van der Waals surface area contributed by atoms with E-state index in [1.165, 1.54) is 11.1 Å². The van der Waals surface area contributed by atoms with Gasteiger partial charge in [0.05, 0.1) is 11.1 Å². The molecule has 3 rings (SSSR count). The van der Waals surface area contributed by atoms with Crippen molar-refractivity contribution in [1.82, 2.24) is 14.9 Å². The summed E-state index contributed by atoms with van der Waals surface area (Å²) in [5.74, 6) is -1.25. The molecule has 1 unspecified atom stereocenters. The van der Waals surface area contributed by atoms with Gasteiger partial charge in [-0.25, -0.2) is 4.79 Å². The van der Waals surface area contributed by atoms with E-state index in [4.69, 9.17) is 0 Å². The Morgan fingerprint density at radius 1 is 1.25 bits per heavy atom. The quantitative estimate of drug-likeness (QED) is 0.890. The molecule has 1 aromatic carbocycles. The van der Waals surface area contributed by atoms with E-state index >= 15 is 0 Å². The number of aromatic nitrogens is 2. The van der Waals surface area contributed by atoms with Crippen molar-refractivity contribution < 1.29 is 14.7 Å². The van der Waals surface area contributed by atoms with E-state index in [-0.39, 0.29) is 5.91 Å². The molecule has 102 valence electrons. The normalized spacial score (nSPS) is 18.4. The summed E-state index contributed by atoms with van der Waals surface area (Å²) in [4.78, 5) is 33.5. The number of rotatable bonds is 2. The van der Waals surface area contributed by atoms with Gasteiger partial charge in [-0.15, -0.1) is 0 Å². The van der Waals surface area contributed by atoms with Gasteiger partial charge in [0.25, 0.3) is 5.91 Å². The third-order valence-corrected chi connectivity index (χ3v) is 3.53. The molecular formula is C14H13N3O3. The number of carboxylic acids is 1. The second-order valence-electron chi connectivity index (χ2n) is 4.72. The lowest BCUT2D eigenvalue weighted by Gasteiger charge is -2.21. The van der Waals surface area contributed by atoms with Gasteiger partial charge in [0.2, 0.25) is 0 Å². The van der Waals surface area contributed by atoms with Crippen molar-refractivity contribution in [2.75, 3.05) is 6.54 Å². The molecule has 1 saturated heterocycles. The van der Waals surface area contributed by atoms with Crippen LogP contribution in [0.4, 0.5) is 0 Å². The summed E-state index contributed by atoms with van der Waals surface area (Å²) in [5.41, 5.74) is 1.55. The molecule has 0 radical (unpaired) electrons. The van der Waals surface area contributed by atoms with Gasteiger partial charge in [-0.1, -0.05) is 6.07 Å². The number of carbonyl (C=O) groups excluding carboxylic acids is 1. The zero-order chi connectivity index (χ0) is 14.1. The first-order valence-electron chi connectivity index (χ1n) is 6.42. The minimum Gasteiger partial charge on any atom is -0.480 e. The monoisotopic (exact) mass is 271 g/mol. The number of fused-ring (bicyclic) bond motifs is 1. The fourth-order valence-electron chi connectivity index (χ4n) is 2.59. The Hall–Kier alpha value is -2.50. The lowest BCUT2D eigenvalue weighted by Crippen LogP contribution is -2.40. The lowest BCUT2D eigenvalue weighted by atomic mass is 10.1. The minimum absolute atomic E-state index is 0.291. The van der Waals surface area contributed by atoms with Crippen LogP contribution in [0.5, 0.6) is 0 Å². The topological polar surface area (TPSA) is 83.4 Å². The zero-order valence-electron chi connectivity index (χ0n) is 10.7. The number of nitrogens with zero attached hydrogens (tertiary/aromatic N) is 3. The summed E-state index contributed by atoms with van der Waals surface area (Å²) in [6.45, 7) is 0.465. The Morgan fingerprint density at radius 3 is 2.85 bits per heavy atom. The van der Waals surface area contributed by atoms with Crippen LogP contribution in [0.1, 0.15) is 23.2 Å². The van der Waals surface area contributed by atoms with Crippen LogP contribution >= 0.6 is 0 Å². The van der Waals surface area contributed by atoms with Gasteiger partial charge >= 0.3 is 5.97 Å². The summed E-state index contributed by atoms with van der Waals surface area (Å²) in [7, 11) is 0. The Labute approximate surface area is 115 Å². The highest BCUT2D eigenvalue weighted by Crippen LogP contribution is 2.23. The van der Waals surface area contributed by atoms with E-state index in [0.29, 0.717) is 36.0 Å². The fraction of sp³-hybridized carbons (Fsp3) is 0.286. The third-order valence-electron chi connectivity index (χ3n) is 3.53. The predicted molar refractivity (Wildman–Crippen MR) is 71.2 cm³/mol. The molecule has 2 heterocycles. The molecule has 1 amide bonds. The SMILES string of the molecule is O=C(O)C1CCCN1C(=O)c1cccc2nccnc12.